The van der Waals surface area contributed by atoms with Crippen molar-refractivity contribution in [1.82, 2.24) is 4.72 Å². The van der Waals surface area contributed by atoms with Gasteiger partial charge in [-0.25, -0.2) is 22.3 Å². The number of carbonyl (C=O) groups excluding carboxylic acids is 1. The van der Waals surface area contributed by atoms with Crippen molar-refractivity contribution < 1.29 is 22.3 Å². The number of hydrogen-bond donors (Lipinski definition) is 3. The largest absolute Gasteiger partial charge is 0.462 e. The maximum Gasteiger partial charge on any atom is 0.340 e. The van der Waals surface area contributed by atoms with Gasteiger partial charge in [0.05, 0.1) is 23.6 Å². The molecule has 0 saturated heterocycles. The van der Waals surface area contributed by atoms with E-state index in [1.54, 1.807) is 6.92 Å². The summed E-state index contributed by atoms with van der Waals surface area (Å²) in [5, 5.41) is 2.61. The van der Waals surface area contributed by atoms with Crippen molar-refractivity contribution >= 4 is 27.4 Å². The molecule has 0 aromatic heterocycles. The highest BCUT2D eigenvalue weighted by Crippen LogP contribution is 2.23. The van der Waals surface area contributed by atoms with E-state index in [4.69, 9.17) is 10.5 Å². The maximum atomic E-state index is 13.7. The van der Waals surface area contributed by atoms with Crippen LogP contribution in [-0.4, -0.2) is 40.3 Å². The topological polar surface area (TPSA) is 111 Å². The normalized spacial score (nSPS) is 11.2. The summed E-state index contributed by atoms with van der Waals surface area (Å²) < 4.78 is 43.2. The van der Waals surface area contributed by atoms with Crippen LogP contribution < -0.4 is 15.8 Å². The molecule has 1 aromatic carbocycles. The van der Waals surface area contributed by atoms with E-state index in [1.165, 1.54) is 13.1 Å². The number of esters is 1. The molecule has 1 rings (SSSR count). The van der Waals surface area contributed by atoms with Crippen molar-refractivity contribution in [3.05, 3.63) is 23.5 Å². The van der Waals surface area contributed by atoms with Gasteiger partial charge in [0.1, 0.15) is 5.82 Å². The molecule has 0 aliphatic rings. The number of halogens is 1. The molecule has 0 spiro atoms. The number of sulfonamides is 1. The smallest absolute Gasteiger partial charge is 0.340 e. The highest BCUT2D eigenvalue weighted by atomic mass is 32.2. The lowest BCUT2D eigenvalue weighted by Crippen LogP contribution is -2.26. The van der Waals surface area contributed by atoms with Gasteiger partial charge in [0.2, 0.25) is 10.0 Å². The zero-order chi connectivity index (χ0) is 16.0. The van der Waals surface area contributed by atoms with Gasteiger partial charge in [-0.2, -0.15) is 0 Å². The van der Waals surface area contributed by atoms with Crippen LogP contribution in [-0.2, 0) is 14.8 Å². The zero-order valence-electron chi connectivity index (χ0n) is 11.8. The first-order valence-electron chi connectivity index (χ1n) is 6.22. The molecule has 0 aliphatic heterocycles. The molecule has 0 heterocycles. The van der Waals surface area contributed by atoms with Gasteiger partial charge in [-0.1, -0.05) is 0 Å². The van der Waals surface area contributed by atoms with E-state index in [9.17, 15) is 17.6 Å². The van der Waals surface area contributed by atoms with Crippen LogP contribution in [0.4, 0.5) is 15.8 Å². The van der Waals surface area contributed by atoms with E-state index in [0.717, 1.165) is 6.07 Å². The lowest BCUT2D eigenvalue weighted by atomic mass is 10.1. The van der Waals surface area contributed by atoms with Crippen molar-refractivity contribution in [2.45, 2.75) is 6.92 Å². The highest BCUT2D eigenvalue weighted by Gasteiger charge is 2.15. The molecular formula is C12H18FN3O4S. The van der Waals surface area contributed by atoms with Gasteiger partial charge < -0.3 is 15.8 Å². The Labute approximate surface area is 122 Å². The second-order valence-electron chi connectivity index (χ2n) is 4.09. The number of ether oxygens (including phenoxy) is 1. The van der Waals surface area contributed by atoms with E-state index in [2.05, 4.69) is 10.0 Å². The summed E-state index contributed by atoms with van der Waals surface area (Å²) in [6.45, 7) is 1.78. The summed E-state index contributed by atoms with van der Waals surface area (Å²) in [4.78, 5) is 11.7. The molecule has 0 aliphatic carbocycles. The molecule has 1 aromatic rings. The Morgan fingerprint density at radius 3 is 2.67 bits per heavy atom. The molecule has 0 atom stereocenters. The van der Waals surface area contributed by atoms with Gasteiger partial charge in [0.25, 0.3) is 0 Å². The Kier molecular flexibility index (Phi) is 5.91. The van der Waals surface area contributed by atoms with Crippen molar-refractivity contribution in [2.75, 3.05) is 37.0 Å². The molecule has 0 bridgehead atoms. The first-order chi connectivity index (χ1) is 9.80. The number of anilines is 2. The summed E-state index contributed by atoms with van der Waals surface area (Å²) in [7, 11) is -2.11. The summed E-state index contributed by atoms with van der Waals surface area (Å²) in [5.74, 6) is -1.58. The summed E-state index contributed by atoms with van der Waals surface area (Å²) in [5.41, 5.74) is 5.53. The van der Waals surface area contributed by atoms with Crippen molar-refractivity contribution in [3.8, 4) is 0 Å². The molecule has 4 N–H and O–H groups in total. The summed E-state index contributed by atoms with van der Waals surface area (Å²) in [6, 6.07) is 2.19. The lowest BCUT2D eigenvalue weighted by Gasteiger charge is -2.11. The van der Waals surface area contributed by atoms with Crippen LogP contribution in [0.5, 0.6) is 0 Å². The molecule has 0 unspecified atom stereocenters. The number of benzene rings is 1. The number of nitrogens with one attached hydrogen (secondary N) is 2. The third kappa shape index (κ3) is 4.87. The molecule has 0 saturated carbocycles. The predicted molar refractivity (Wildman–Crippen MR) is 78.1 cm³/mol. The van der Waals surface area contributed by atoms with Gasteiger partial charge >= 0.3 is 5.97 Å². The fourth-order valence-electron chi connectivity index (χ4n) is 1.53. The quantitative estimate of drug-likeness (QED) is 0.500. The first-order valence-corrected chi connectivity index (χ1v) is 7.87. The molecule has 118 valence electrons. The van der Waals surface area contributed by atoms with Crippen LogP contribution in [0.1, 0.15) is 17.3 Å². The van der Waals surface area contributed by atoms with Gasteiger partial charge in [0, 0.05) is 12.2 Å². The zero-order valence-corrected chi connectivity index (χ0v) is 12.6. The van der Waals surface area contributed by atoms with E-state index < -0.39 is 21.8 Å². The minimum Gasteiger partial charge on any atom is -0.462 e. The molecule has 21 heavy (non-hydrogen) atoms. The minimum absolute atomic E-state index is 0.0152. The van der Waals surface area contributed by atoms with Crippen molar-refractivity contribution in [1.29, 1.82) is 0 Å². The fraction of sp³-hybridized carbons (Fsp3) is 0.417. The van der Waals surface area contributed by atoms with E-state index in [1.807, 2.05) is 0 Å². The van der Waals surface area contributed by atoms with Gasteiger partial charge in [-0.3, -0.25) is 0 Å². The van der Waals surface area contributed by atoms with Crippen LogP contribution in [0.3, 0.4) is 0 Å². The second kappa shape index (κ2) is 7.23. The van der Waals surface area contributed by atoms with Crippen molar-refractivity contribution in [2.24, 2.45) is 0 Å². The number of nitrogen functional groups attached to an aromatic ring is 1. The van der Waals surface area contributed by atoms with Crippen LogP contribution in [0.15, 0.2) is 12.1 Å². The van der Waals surface area contributed by atoms with E-state index in [-0.39, 0.29) is 35.8 Å². The number of carbonyl (C=O) groups is 1. The average Bonchev–Trinajstić information content (AvgIpc) is 2.41. The number of nitrogens with two attached hydrogens (primary N) is 1. The molecule has 7 nitrogen and oxygen atoms in total. The Bertz CT molecular complexity index is 619. The van der Waals surface area contributed by atoms with E-state index in [0.29, 0.717) is 0 Å². The van der Waals surface area contributed by atoms with Crippen LogP contribution >= 0.6 is 0 Å². The molecule has 0 amide bonds. The molecular weight excluding hydrogens is 301 g/mol. The Hall–Kier alpha value is -1.87. The monoisotopic (exact) mass is 319 g/mol. The number of rotatable bonds is 7. The molecule has 0 radical (unpaired) electrons. The highest BCUT2D eigenvalue weighted by molar-refractivity contribution is 7.89. The maximum absolute atomic E-state index is 13.7. The van der Waals surface area contributed by atoms with Gasteiger partial charge in [0.15, 0.2) is 0 Å². The molecule has 0 fully saturated rings. The van der Waals surface area contributed by atoms with E-state index >= 15 is 0 Å². The van der Waals surface area contributed by atoms with Crippen molar-refractivity contribution in [3.63, 3.8) is 0 Å². The summed E-state index contributed by atoms with van der Waals surface area (Å²) >= 11 is 0. The Morgan fingerprint density at radius 2 is 2.10 bits per heavy atom. The Morgan fingerprint density at radius 1 is 1.43 bits per heavy atom. The average molecular weight is 319 g/mol. The Balaban J connectivity index is 2.88. The molecule has 9 heteroatoms. The minimum atomic E-state index is -3.40. The standard InChI is InChI=1S/C12H18FN3O4S/c1-3-20-12(17)8-6-11(9(13)7-10(8)14)16-4-5-21(18,19)15-2/h6-7,15-16H,3-5,14H2,1-2H3. The van der Waals surface area contributed by atoms with Crippen LogP contribution in [0.25, 0.3) is 0 Å². The first kappa shape index (κ1) is 17.2. The van der Waals surface area contributed by atoms with Crippen LogP contribution in [0, 0.1) is 5.82 Å². The van der Waals surface area contributed by atoms with Gasteiger partial charge in [-0.15, -0.1) is 0 Å². The van der Waals surface area contributed by atoms with Gasteiger partial charge in [-0.05, 0) is 26.1 Å². The lowest BCUT2D eigenvalue weighted by molar-refractivity contribution is 0.0527. The summed E-state index contributed by atoms with van der Waals surface area (Å²) in [6.07, 6.45) is 0. The fourth-order valence-corrected chi connectivity index (χ4v) is 2.11. The third-order valence-corrected chi connectivity index (χ3v) is 4.00. The SMILES string of the molecule is CCOC(=O)c1cc(NCCS(=O)(=O)NC)c(F)cc1N. The second-order valence-corrected chi connectivity index (χ2v) is 6.14. The predicted octanol–water partition coefficient (Wildman–Crippen LogP) is 0.546. The third-order valence-electron chi connectivity index (χ3n) is 2.63. The number of hydrogen-bond acceptors (Lipinski definition) is 6. The van der Waals surface area contributed by atoms with Crippen LogP contribution in [0.2, 0.25) is 0 Å².